The summed E-state index contributed by atoms with van der Waals surface area (Å²) in [6.07, 6.45) is 0.249. The lowest BCUT2D eigenvalue weighted by Crippen LogP contribution is -2.16. The summed E-state index contributed by atoms with van der Waals surface area (Å²) in [5.74, 6) is 0.490. The lowest BCUT2D eigenvalue weighted by molar-refractivity contribution is -0.117. The van der Waals surface area contributed by atoms with Crippen molar-refractivity contribution in [3.63, 3.8) is 0 Å². The van der Waals surface area contributed by atoms with Crippen molar-refractivity contribution in [2.75, 3.05) is 6.61 Å². The maximum absolute atomic E-state index is 13.6. The van der Waals surface area contributed by atoms with Crippen molar-refractivity contribution in [3.8, 4) is 5.75 Å². The van der Waals surface area contributed by atoms with E-state index in [-0.39, 0.29) is 11.8 Å². The largest absolute Gasteiger partial charge is 0.492 e. The van der Waals surface area contributed by atoms with Crippen molar-refractivity contribution in [2.45, 2.75) is 19.5 Å². The molecule has 0 aromatic heterocycles. The first-order chi connectivity index (χ1) is 7.01. The maximum atomic E-state index is 13.6. The van der Waals surface area contributed by atoms with Gasteiger partial charge in [-0.1, -0.05) is 17.7 Å². The smallest absolute Gasteiger partial charge is 0.188 e. The van der Waals surface area contributed by atoms with Crippen molar-refractivity contribution in [3.05, 3.63) is 28.8 Å². The normalized spacial score (nSPS) is 14.4. The van der Waals surface area contributed by atoms with Crippen LogP contribution < -0.4 is 4.74 Å². The highest BCUT2D eigenvalue weighted by atomic mass is 35.5. The molecular formula is C11H12ClFO2. The fourth-order valence-corrected chi connectivity index (χ4v) is 1.38. The average Bonchev–Trinajstić information content (AvgIpc) is 2.21. The number of hydrogen-bond donors (Lipinski definition) is 0. The molecule has 0 amide bonds. The number of carbonyl (C=O) groups excluding carboxylic acids is 1. The Morgan fingerprint density at radius 1 is 1.60 bits per heavy atom. The molecule has 0 spiro atoms. The van der Waals surface area contributed by atoms with Crippen LogP contribution >= 0.6 is 11.6 Å². The van der Waals surface area contributed by atoms with Gasteiger partial charge in [-0.3, -0.25) is 4.79 Å². The number of halogens is 2. The van der Waals surface area contributed by atoms with E-state index >= 15 is 0 Å². The average molecular weight is 231 g/mol. The lowest BCUT2D eigenvalue weighted by atomic mass is 10.00. The molecule has 15 heavy (non-hydrogen) atoms. The van der Waals surface area contributed by atoms with Crippen LogP contribution in [0.15, 0.2) is 18.2 Å². The molecule has 4 heteroatoms. The minimum absolute atomic E-state index is 0.228. The molecule has 0 aliphatic carbocycles. The van der Waals surface area contributed by atoms with Gasteiger partial charge in [-0.25, -0.2) is 4.39 Å². The summed E-state index contributed by atoms with van der Waals surface area (Å²) in [7, 11) is 0. The second-order valence-corrected chi connectivity index (χ2v) is 3.68. The Morgan fingerprint density at radius 2 is 2.27 bits per heavy atom. The lowest BCUT2D eigenvalue weighted by Gasteiger charge is -2.14. The van der Waals surface area contributed by atoms with E-state index in [1.807, 2.05) is 6.92 Å². The first-order valence-corrected chi connectivity index (χ1v) is 4.97. The predicted octanol–water partition coefficient (Wildman–Crippen LogP) is 3.12. The van der Waals surface area contributed by atoms with Crippen LogP contribution in [0.3, 0.4) is 0 Å². The molecule has 0 saturated heterocycles. The number of carbonyl (C=O) groups is 1. The van der Waals surface area contributed by atoms with E-state index in [2.05, 4.69) is 0 Å². The summed E-state index contributed by atoms with van der Waals surface area (Å²) >= 11 is 5.86. The topological polar surface area (TPSA) is 26.3 Å². The van der Waals surface area contributed by atoms with E-state index in [4.69, 9.17) is 16.3 Å². The van der Waals surface area contributed by atoms with E-state index in [1.165, 1.54) is 19.1 Å². The number of benzene rings is 1. The van der Waals surface area contributed by atoms with E-state index < -0.39 is 5.67 Å². The molecule has 2 nitrogen and oxygen atoms in total. The molecule has 0 saturated carbocycles. The van der Waals surface area contributed by atoms with E-state index in [0.717, 1.165) is 0 Å². The van der Waals surface area contributed by atoms with Gasteiger partial charge in [0, 0.05) is 0 Å². The highest BCUT2D eigenvalue weighted by Crippen LogP contribution is 2.31. The SMILES string of the molecule is CCOc1ccc(C(C)(F)C=O)cc1Cl. The highest BCUT2D eigenvalue weighted by molar-refractivity contribution is 6.32. The molecule has 0 bridgehead atoms. The number of aldehydes is 1. The zero-order valence-corrected chi connectivity index (χ0v) is 9.34. The zero-order chi connectivity index (χ0) is 11.5. The Morgan fingerprint density at radius 3 is 2.73 bits per heavy atom. The fraction of sp³-hybridized carbons (Fsp3) is 0.364. The first kappa shape index (κ1) is 12.0. The van der Waals surface area contributed by atoms with Crippen LogP contribution in [0, 0.1) is 0 Å². The van der Waals surface area contributed by atoms with Gasteiger partial charge < -0.3 is 4.74 Å². The molecule has 0 aliphatic rings. The minimum Gasteiger partial charge on any atom is -0.492 e. The van der Waals surface area contributed by atoms with Crippen LogP contribution in [0.1, 0.15) is 19.4 Å². The van der Waals surface area contributed by atoms with Crippen molar-refractivity contribution >= 4 is 17.9 Å². The molecule has 1 rings (SSSR count). The molecule has 1 atom stereocenters. The summed E-state index contributed by atoms with van der Waals surface area (Å²) in [5, 5.41) is 0.306. The maximum Gasteiger partial charge on any atom is 0.188 e. The van der Waals surface area contributed by atoms with Crippen molar-refractivity contribution in [1.29, 1.82) is 0 Å². The molecule has 0 aliphatic heterocycles. The van der Waals surface area contributed by atoms with Gasteiger partial charge in [0.25, 0.3) is 0 Å². The molecule has 1 aromatic rings. The van der Waals surface area contributed by atoms with Crippen LogP contribution in [0.5, 0.6) is 5.75 Å². The third-order valence-electron chi connectivity index (χ3n) is 2.02. The van der Waals surface area contributed by atoms with Gasteiger partial charge >= 0.3 is 0 Å². The Labute approximate surface area is 93.0 Å². The summed E-state index contributed by atoms with van der Waals surface area (Å²) < 4.78 is 18.8. The molecule has 1 unspecified atom stereocenters. The van der Waals surface area contributed by atoms with E-state index in [9.17, 15) is 9.18 Å². The molecule has 1 aromatic carbocycles. The number of rotatable bonds is 4. The van der Waals surface area contributed by atoms with Gasteiger partial charge in [-0.15, -0.1) is 0 Å². The van der Waals surface area contributed by atoms with Gasteiger partial charge in [0.1, 0.15) is 5.75 Å². The molecular weight excluding hydrogens is 219 g/mol. The minimum atomic E-state index is -2.01. The molecule has 0 N–H and O–H groups in total. The summed E-state index contributed by atoms with van der Waals surface area (Å²) in [4.78, 5) is 10.5. The Kier molecular flexibility index (Phi) is 3.69. The quantitative estimate of drug-likeness (QED) is 0.743. The predicted molar refractivity (Wildman–Crippen MR) is 57.1 cm³/mol. The zero-order valence-electron chi connectivity index (χ0n) is 8.59. The van der Waals surface area contributed by atoms with Crippen molar-refractivity contribution in [2.24, 2.45) is 0 Å². The van der Waals surface area contributed by atoms with Gasteiger partial charge in [0.15, 0.2) is 12.0 Å². The van der Waals surface area contributed by atoms with Gasteiger partial charge in [-0.05, 0) is 31.5 Å². The summed E-state index contributed by atoms with van der Waals surface area (Å²) in [6, 6.07) is 4.45. The standard InChI is InChI=1S/C11H12ClFO2/c1-3-15-10-5-4-8(6-9(10)12)11(2,13)7-14/h4-7H,3H2,1-2H3. The first-order valence-electron chi connectivity index (χ1n) is 4.59. The van der Waals surface area contributed by atoms with Crippen LogP contribution in [-0.4, -0.2) is 12.9 Å². The highest BCUT2D eigenvalue weighted by Gasteiger charge is 2.25. The molecule has 0 radical (unpaired) electrons. The van der Waals surface area contributed by atoms with Crippen molar-refractivity contribution in [1.82, 2.24) is 0 Å². The second-order valence-electron chi connectivity index (χ2n) is 3.27. The monoisotopic (exact) mass is 230 g/mol. The van der Waals surface area contributed by atoms with Crippen LogP contribution in [0.2, 0.25) is 5.02 Å². The van der Waals surface area contributed by atoms with E-state index in [1.54, 1.807) is 6.07 Å². The summed E-state index contributed by atoms with van der Waals surface area (Å²) in [6.45, 7) is 3.50. The van der Waals surface area contributed by atoms with Crippen LogP contribution in [0.4, 0.5) is 4.39 Å². The fourth-order valence-electron chi connectivity index (χ4n) is 1.15. The van der Waals surface area contributed by atoms with E-state index in [0.29, 0.717) is 17.4 Å². The Bertz CT molecular complexity index is 364. The van der Waals surface area contributed by atoms with Crippen LogP contribution in [-0.2, 0) is 10.5 Å². The van der Waals surface area contributed by atoms with Gasteiger partial charge in [0.2, 0.25) is 0 Å². The van der Waals surface area contributed by atoms with Crippen molar-refractivity contribution < 1.29 is 13.9 Å². The second kappa shape index (κ2) is 4.62. The number of hydrogen-bond acceptors (Lipinski definition) is 2. The summed E-state index contributed by atoms with van der Waals surface area (Å²) in [5.41, 5.74) is -1.78. The number of ether oxygens (including phenoxy) is 1. The van der Waals surface area contributed by atoms with Gasteiger partial charge in [0.05, 0.1) is 11.6 Å². The van der Waals surface area contributed by atoms with Gasteiger partial charge in [-0.2, -0.15) is 0 Å². The Hall–Kier alpha value is -1.09. The molecule has 0 heterocycles. The third kappa shape index (κ3) is 2.69. The molecule has 82 valence electrons. The van der Waals surface area contributed by atoms with Crippen LogP contribution in [0.25, 0.3) is 0 Å². The Balaban J connectivity index is 3.06. The third-order valence-corrected chi connectivity index (χ3v) is 2.31. The number of alkyl halides is 1. The molecule has 0 fully saturated rings.